The van der Waals surface area contributed by atoms with E-state index in [1.165, 1.54) is 21.8 Å². The van der Waals surface area contributed by atoms with Gasteiger partial charge in [0.25, 0.3) is 0 Å². The zero-order valence-electron chi connectivity index (χ0n) is 33.9. The van der Waals surface area contributed by atoms with E-state index < -0.39 is 0 Å². The Morgan fingerprint density at radius 3 is 1.63 bits per heavy atom. The summed E-state index contributed by atoms with van der Waals surface area (Å²) in [5.41, 5.74) is 13.3. The Labute approximate surface area is 361 Å². The van der Waals surface area contributed by atoms with E-state index in [-0.39, 0.29) is 0 Å². The van der Waals surface area contributed by atoms with Crippen LogP contribution in [-0.2, 0) is 0 Å². The molecule has 13 rings (SSSR count). The molecule has 0 fully saturated rings. The van der Waals surface area contributed by atoms with Crippen molar-refractivity contribution >= 4 is 65.6 Å². The van der Waals surface area contributed by atoms with Gasteiger partial charge in [0.1, 0.15) is 11.1 Å². The van der Waals surface area contributed by atoms with Crippen molar-refractivity contribution in [3.63, 3.8) is 0 Å². The normalized spacial score (nSPS) is 11.8. The molecule has 9 aromatic carbocycles. The average molecular weight is 806 g/mol. The van der Waals surface area contributed by atoms with Gasteiger partial charge in [0.15, 0.2) is 17.2 Å². The van der Waals surface area contributed by atoms with Crippen molar-refractivity contribution in [1.82, 2.24) is 24.1 Å². The van der Waals surface area contributed by atoms with Crippen LogP contribution in [0.5, 0.6) is 0 Å². The number of benzene rings is 9. The number of hydrogen-bond acceptors (Lipinski definition) is 4. The number of aromatic nitrogens is 5. The van der Waals surface area contributed by atoms with Crippen molar-refractivity contribution in [2.75, 3.05) is 0 Å². The molecule has 13 aromatic rings. The van der Waals surface area contributed by atoms with Crippen LogP contribution in [0, 0.1) is 0 Å². The van der Waals surface area contributed by atoms with Gasteiger partial charge in [-0.2, -0.15) is 9.97 Å². The van der Waals surface area contributed by atoms with Gasteiger partial charge in [-0.3, -0.25) is 4.57 Å². The minimum Gasteiger partial charge on any atom is -0.454 e. The Morgan fingerprint density at radius 1 is 0.349 bits per heavy atom. The Hall–Kier alpha value is -8.61. The summed E-state index contributed by atoms with van der Waals surface area (Å²) in [5, 5.41) is 6.68. The number of hydrogen-bond donors (Lipinski definition) is 0. The fourth-order valence-electron chi connectivity index (χ4n) is 9.53. The zero-order valence-corrected chi connectivity index (χ0v) is 33.9. The molecule has 4 aromatic heterocycles. The average Bonchev–Trinajstić information content (AvgIpc) is 4.02. The quantitative estimate of drug-likeness (QED) is 0.168. The van der Waals surface area contributed by atoms with E-state index in [0.29, 0.717) is 17.6 Å². The molecule has 0 aliphatic carbocycles. The van der Waals surface area contributed by atoms with Crippen LogP contribution in [0.2, 0.25) is 0 Å². The summed E-state index contributed by atoms with van der Waals surface area (Å²) in [7, 11) is 0. The molecule has 0 saturated carbocycles. The second-order valence-corrected chi connectivity index (χ2v) is 16.0. The third kappa shape index (κ3) is 5.55. The Morgan fingerprint density at radius 2 is 0.905 bits per heavy atom. The minimum atomic E-state index is 0.517. The van der Waals surface area contributed by atoms with E-state index in [9.17, 15) is 0 Å². The maximum Gasteiger partial charge on any atom is 0.238 e. The summed E-state index contributed by atoms with van der Waals surface area (Å²) < 4.78 is 11.4. The maximum atomic E-state index is 6.89. The molecule has 0 aliphatic rings. The van der Waals surface area contributed by atoms with Crippen LogP contribution in [0.4, 0.5) is 0 Å². The van der Waals surface area contributed by atoms with E-state index >= 15 is 0 Å². The third-order valence-electron chi connectivity index (χ3n) is 12.4. The summed E-state index contributed by atoms with van der Waals surface area (Å²) in [4.78, 5) is 15.5. The third-order valence-corrected chi connectivity index (χ3v) is 12.4. The molecule has 0 bridgehead atoms. The Balaban J connectivity index is 1.09. The molecule has 0 N–H and O–H groups in total. The fraction of sp³-hybridized carbons (Fsp3) is 0. The van der Waals surface area contributed by atoms with Gasteiger partial charge in [0.2, 0.25) is 5.95 Å². The molecular formula is C57H35N5O. The Bertz CT molecular complexity index is 3850. The van der Waals surface area contributed by atoms with Crippen LogP contribution >= 0.6 is 0 Å². The lowest BCUT2D eigenvalue weighted by Crippen LogP contribution is -2.06. The highest BCUT2D eigenvalue weighted by atomic mass is 16.3. The van der Waals surface area contributed by atoms with Crippen molar-refractivity contribution in [1.29, 1.82) is 0 Å². The lowest BCUT2D eigenvalue weighted by atomic mass is 9.94. The van der Waals surface area contributed by atoms with Crippen LogP contribution in [-0.4, -0.2) is 24.1 Å². The second kappa shape index (κ2) is 14.0. The van der Waals surface area contributed by atoms with Crippen molar-refractivity contribution in [2.45, 2.75) is 0 Å². The number of rotatable bonds is 6. The molecule has 294 valence electrons. The van der Waals surface area contributed by atoms with Crippen molar-refractivity contribution < 1.29 is 4.42 Å². The molecule has 0 saturated heterocycles. The summed E-state index contributed by atoms with van der Waals surface area (Å²) >= 11 is 0. The van der Waals surface area contributed by atoms with Gasteiger partial charge in [0.05, 0.1) is 16.6 Å². The van der Waals surface area contributed by atoms with E-state index in [2.05, 4.69) is 149 Å². The molecular weight excluding hydrogens is 771 g/mol. The molecule has 0 atom stereocenters. The molecule has 4 heterocycles. The van der Waals surface area contributed by atoms with Gasteiger partial charge in [-0.05, 0) is 70.8 Å². The summed E-state index contributed by atoms with van der Waals surface area (Å²) in [6.45, 7) is 0. The molecule has 0 unspecified atom stereocenters. The van der Waals surface area contributed by atoms with E-state index in [1.807, 2.05) is 72.8 Å². The highest BCUT2D eigenvalue weighted by Crippen LogP contribution is 2.46. The largest absolute Gasteiger partial charge is 0.454 e. The van der Waals surface area contributed by atoms with Crippen molar-refractivity contribution in [3.8, 4) is 56.7 Å². The standard InChI is InChI=1S/C57H35N5O/c1-4-17-36(18-5-1)55-58-56(37-19-6-2-7-20-37)60-57(59-55)62-49-29-14-11-27-45(49)52-46(35-47-44-26-12-15-30-51(44)63-54(47)53(52)62)40-22-16-21-38(33-40)39-31-32-43-42-25-10-13-28-48(42)61(50(43)34-39)41-23-8-3-9-24-41/h1-35H. The topological polar surface area (TPSA) is 61.7 Å². The highest BCUT2D eigenvalue weighted by molar-refractivity contribution is 6.26. The summed E-state index contributed by atoms with van der Waals surface area (Å²) in [6.07, 6.45) is 0. The van der Waals surface area contributed by atoms with Crippen LogP contribution in [0.3, 0.4) is 0 Å². The van der Waals surface area contributed by atoms with E-state index in [1.54, 1.807) is 0 Å². The number of fused-ring (bicyclic) bond motifs is 10. The first kappa shape index (κ1) is 35.2. The monoisotopic (exact) mass is 805 g/mol. The molecule has 0 aliphatic heterocycles. The molecule has 0 spiro atoms. The van der Waals surface area contributed by atoms with E-state index in [0.717, 1.165) is 82.8 Å². The maximum absolute atomic E-state index is 6.89. The smallest absolute Gasteiger partial charge is 0.238 e. The van der Waals surface area contributed by atoms with Crippen molar-refractivity contribution in [3.05, 3.63) is 212 Å². The molecule has 6 heteroatoms. The molecule has 6 nitrogen and oxygen atoms in total. The van der Waals surface area contributed by atoms with Gasteiger partial charge in [0, 0.05) is 49.1 Å². The lowest BCUT2D eigenvalue weighted by Gasteiger charge is -2.12. The predicted molar refractivity (Wildman–Crippen MR) is 258 cm³/mol. The zero-order chi connectivity index (χ0) is 41.4. The van der Waals surface area contributed by atoms with E-state index in [4.69, 9.17) is 19.4 Å². The van der Waals surface area contributed by atoms with Crippen LogP contribution in [0.25, 0.3) is 122 Å². The lowest BCUT2D eigenvalue weighted by molar-refractivity contribution is 0.670. The first-order valence-electron chi connectivity index (χ1n) is 21.2. The van der Waals surface area contributed by atoms with Crippen molar-refractivity contribution in [2.24, 2.45) is 0 Å². The van der Waals surface area contributed by atoms with Gasteiger partial charge in [-0.1, -0.05) is 164 Å². The van der Waals surface area contributed by atoms with Crippen LogP contribution in [0.15, 0.2) is 217 Å². The predicted octanol–water partition coefficient (Wildman–Crippen LogP) is 14.6. The summed E-state index contributed by atoms with van der Waals surface area (Å²) in [5.74, 6) is 1.71. The first-order valence-corrected chi connectivity index (χ1v) is 21.2. The minimum absolute atomic E-state index is 0.517. The second-order valence-electron chi connectivity index (χ2n) is 16.0. The summed E-state index contributed by atoms with van der Waals surface area (Å²) in [6, 6.07) is 74.5. The van der Waals surface area contributed by atoms with Gasteiger partial charge < -0.3 is 8.98 Å². The van der Waals surface area contributed by atoms with Gasteiger partial charge in [-0.25, -0.2) is 4.98 Å². The van der Waals surface area contributed by atoms with Gasteiger partial charge >= 0.3 is 0 Å². The fourth-order valence-corrected chi connectivity index (χ4v) is 9.53. The highest BCUT2D eigenvalue weighted by Gasteiger charge is 2.25. The Kier molecular flexibility index (Phi) is 7.80. The number of furan rings is 1. The molecule has 0 radical (unpaired) electrons. The van der Waals surface area contributed by atoms with Gasteiger partial charge in [-0.15, -0.1) is 0 Å². The van der Waals surface area contributed by atoms with Crippen LogP contribution in [0.1, 0.15) is 0 Å². The molecule has 63 heavy (non-hydrogen) atoms. The number of para-hydroxylation sites is 4. The molecule has 0 amide bonds. The SMILES string of the molecule is c1ccc(-c2nc(-c3ccccc3)nc(-n3c4ccccc4c4c(-c5cccc(-c6ccc7c8ccccc8n(-c8ccccc8)c7c6)c5)cc5c6ccccc6oc5c43)n2)cc1. The van der Waals surface area contributed by atoms with Crippen LogP contribution < -0.4 is 0 Å². The first-order chi connectivity index (χ1) is 31.2. The number of nitrogens with zero attached hydrogens (tertiary/aromatic N) is 5.